The Labute approximate surface area is 191 Å². The lowest BCUT2D eigenvalue weighted by Gasteiger charge is -2.35. The number of rotatable bonds is 3. The fraction of sp³-hybridized carbons (Fsp3) is 0.810. The minimum atomic E-state index is 0. The monoisotopic (exact) mass is 462 g/mol. The minimum absolute atomic E-state index is 0. The second kappa shape index (κ2) is 10.3. The second-order valence-corrected chi connectivity index (χ2v) is 10.5. The summed E-state index contributed by atoms with van der Waals surface area (Å²) in [5.74, 6) is 1.07. The number of hydrogen-bond donors (Lipinski definition) is 1. The van der Waals surface area contributed by atoms with Crippen molar-refractivity contribution >= 4 is 42.1 Å². The zero-order valence-electron chi connectivity index (χ0n) is 17.9. The molecule has 3 fully saturated rings. The maximum atomic E-state index is 13.0. The van der Waals surface area contributed by atoms with Crippen molar-refractivity contribution in [2.75, 3.05) is 26.2 Å². The number of halogens is 2. The van der Waals surface area contributed by atoms with E-state index in [1.807, 2.05) is 0 Å². The van der Waals surface area contributed by atoms with E-state index in [1.54, 1.807) is 11.3 Å². The van der Waals surface area contributed by atoms with Crippen LogP contribution >= 0.6 is 36.2 Å². The Kier molecular flexibility index (Phi) is 8.81. The molecule has 1 aliphatic carbocycles. The smallest absolute Gasteiger partial charge is 0.239 e. The Morgan fingerprint density at radius 3 is 2.48 bits per heavy atom. The number of carbonyl (C=O) groups excluding carboxylic acids is 1. The van der Waals surface area contributed by atoms with Crippen LogP contribution in [0.2, 0.25) is 0 Å². The molecule has 0 aromatic carbocycles. The first-order valence-corrected chi connectivity index (χ1v) is 11.5. The molecular formula is C21H36Cl2N4OS. The van der Waals surface area contributed by atoms with Gasteiger partial charge in [0.25, 0.3) is 0 Å². The average Bonchev–Trinajstić information content (AvgIpc) is 3.28. The summed E-state index contributed by atoms with van der Waals surface area (Å²) in [7, 11) is 0. The molecule has 1 aromatic rings. The summed E-state index contributed by atoms with van der Waals surface area (Å²) in [5.41, 5.74) is 1.30. The lowest BCUT2D eigenvalue weighted by Crippen LogP contribution is -2.53. The number of fused-ring (bicyclic) bond motifs is 1. The first-order valence-electron chi connectivity index (χ1n) is 10.6. The molecule has 4 rings (SSSR count). The largest absolute Gasteiger partial charge is 0.339 e. The lowest BCUT2D eigenvalue weighted by atomic mass is 9.85. The van der Waals surface area contributed by atoms with Crippen LogP contribution in [0.3, 0.4) is 0 Å². The molecule has 2 saturated heterocycles. The predicted molar refractivity (Wildman–Crippen MR) is 124 cm³/mol. The zero-order chi connectivity index (χ0) is 19.0. The fourth-order valence-electron chi connectivity index (χ4n) is 4.81. The first-order chi connectivity index (χ1) is 12.9. The molecule has 8 heteroatoms. The minimum Gasteiger partial charge on any atom is -0.339 e. The van der Waals surface area contributed by atoms with Crippen molar-refractivity contribution in [3.63, 3.8) is 0 Å². The van der Waals surface area contributed by atoms with Crippen LogP contribution in [0.5, 0.6) is 0 Å². The maximum absolute atomic E-state index is 13.0. The second-order valence-electron chi connectivity index (χ2n) is 9.60. The number of nitrogens with one attached hydrogen (secondary N) is 1. The Balaban J connectivity index is 0.00000150. The molecule has 3 atom stereocenters. The fourth-order valence-corrected chi connectivity index (χ4v) is 5.71. The molecule has 3 aliphatic rings. The first kappa shape index (κ1) is 24.9. The van der Waals surface area contributed by atoms with Crippen LogP contribution in [0.25, 0.3) is 0 Å². The third-order valence-electron chi connectivity index (χ3n) is 6.42. The molecule has 1 amide bonds. The summed E-state index contributed by atoms with van der Waals surface area (Å²) >= 11 is 1.77. The molecule has 2 aliphatic heterocycles. The van der Waals surface area contributed by atoms with E-state index in [9.17, 15) is 4.79 Å². The molecule has 0 bridgehead atoms. The number of hydrogen-bond acceptors (Lipinski definition) is 5. The molecule has 1 saturated carbocycles. The van der Waals surface area contributed by atoms with Crippen molar-refractivity contribution in [3.05, 3.63) is 16.1 Å². The van der Waals surface area contributed by atoms with E-state index in [4.69, 9.17) is 4.98 Å². The van der Waals surface area contributed by atoms with E-state index in [1.165, 1.54) is 36.4 Å². The van der Waals surface area contributed by atoms with Gasteiger partial charge in [-0.15, -0.1) is 36.2 Å². The van der Waals surface area contributed by atoms with Gasteiger partial charge < -0.3 is 10.2 Å². The SMILES string of the molecule is CC(C)(C)c1nc(CN2CCN(C(=O)C3CC4CCCCC4N3)CC2)cs1.Cl.Cl. The number of aromatic nitrogens is 1. The molecule has 29 heavy (non-hydrogen) atoms. The standard InChI is InChI=1S/C21H34N4OS.2ClH/c1-21(2,3)20-22-16(14-27-20)13-24-8-10-25(11-9-24)19(26)18-12-15-6-4-5-7-17(15)23-18;;/h14-15,17-18,23H,4-13H2,1-3H3;2*1H. The Morgan fingerprint density at radius 1 is 1.17 bits per heavy atom. The van der Waals surface area contributed by atoms with Crippen LogP contribution < -0.4 is 5.32 Å². The van der Waals surface area contributed by atoms with Gasteiger partial charge in [-0.3, -0.25) is 9.69 Å². The maximum Gasteiger partial charge on any atom is 0.239 e. The van der Waals surface area contributed by atoms with Gasteiger partial charge in [0.15, 0.2) is 0 Å². The summed E-state index contributed by atoms with van der Waals surface area (Å²) < 4.78 is 0. The summed E-state index contributed by atoms with van der Waals surface area (Å²) in [6, 6.07) is 0.660. The molecule has 3 unspecified atom stereocenters. The molecule has 1 N–H and O–H groups in total. The number of amides is 1. The summed E-state index contributed by atoms with van der Waals surface area (Å²) in [4.78, 5) is 22.3. The molecule has 5 nitrogen and oxygen atoms in total. The number of piperazine rings is 1. The van der Waals surface area contributed by atoms with E-state index in [0.29, 0.717) is 11.9 Å². The van der Waals surface area contributed by atoms with E-state index >= 15 is 0 Å². The van der Waals surface area contributed by atoms with Gasteiger partial charge in [0, 0.05) is 49.6 Å². The van der Waals surface area contributed by atoms with Crippen LogP contribution in [-0.2, 0) is 16.8 Å². The highest BCUT2D eigenvalue weighted by Crippen LogP contribution is 2.33. The van der Waals surface area contributed by atoms with Gasteiger partial charge in [-0.2, -0.15) is 0 Å². The van der Waals surface area contributed by atoms with Crippen LogP contribution in [0.1, 0.15) is 63.6 Å². The molecule has 0 radical (unpaired) electrons. The Bertz CT molecular complexity index is 656. The zero-order valence-corrected chi connectivity index (χ0v) is 20.3. The summed E-state index contributed by atoms with van der Waals surface area (Å²) in [6.07, 6.45) is 6.28. The highest BCUT2D eigenvalue weighted by atomic mass is 35.5. The third kappa shape index (κ3) is 5.85. The van der Waals surface area contributed by atoms with Crippen LogP contribution in [0.15, 0.2) is 5.38 Å². The van der Waals surface area contributed by atoms with Crippen molar-refractivity contribution in [3.8, 4) is 0 Å². The highest BCUT2D eigenvalue weighted by Gasteiger charge is 2.40. The van der Waals surface area contributed by atoms with E-state index in [-0.39, 0.29) is 36.3 Å². The van der Waals surface area contributed by atoms with Crippen LogP contribution in [-0.4, -0.2) is 59.0 Å². The van der Waals surface area contributed by atoms with Gasteiger partial charge in [0.1, 0.15) is 0 Å². The molecule has 0 spiro atoms. The lowest BCUT2D eigenvalue weighted by molar-refractivity contribution is -0.135. The van der Waals surface area contributed by atoms with E-state index in [2.05, 4.69) is 41.3 Å². The number of carbonyl (C=O) groups is 1. The van der Waals surface area contributed by atoms with Gasteiger partial charge in [-0.25, -0.2) is 4.98 Å². The van der Waals surface area contributed by atoms with E-state index < -0.39 is 0 Å². The van der Waals surface area contributed by atoms with Crippen LogP contribution in [0.4, 0.5) is 0 Å². The van der Waals surface area contributed by atoms with Gasteiger partial charge in [0.2, 0.25) is 5.91 Å². The molecule has 166 valence electrons. The highest BCUT2D eigenvalue weighted by molar-refractivity contribution is 7.09. The van der Waals surface area contributed by atoms with Crippen molar-refractivity contribution < 1.29 is 4.79 Å². The van der Waals surface area contributed by atoms with Gasteiger partial charge in [-0.05, 0) is 25.2 Å². The average molecular weight is 464 g/mol. The summed E-state index contributed by atoms with van der Waals surface area (Å²) in [5, 5.41) is 7.05. The molecular weight excluding hydrogens is 427 g/mol. The molecule has 3 heterocycles. The molecule has 1 aromatic heterocycles. The Hall–Kier alpha value is -0.400. The van der Waals surface area contributed by atoms with Crippen molar-refractivity contribution in [1.29, 1.82) is 0 Å². The Morgan fingerprint density at radius 2 is 1.86 bits per heavy atom. The predicted octanol–water partition coefficient (Wildman–Crippen LogP) is 3.85. The quantitative estimate of drug-likeness (QED) is 0.740. The van der Waals surface area contributed by atoms with Gasteiger partial charge >= 0.3 is 0 Å². The van der Waals surface area contributed by atoms with Gasteiger partial charge in [-0.1, -0.05) is 33.6 Å². The number of thiazole rings is 1. The van der Waals surface area contributed by atoms with Crippen molar-refractivity contribution in [1.82, 2.24) is 20.1 Å². The van der Waals surface area contributed by atoms with Crippen molar-refractivity contribution in [2.45, 2.75) is 76.9 Å². The van der Waals surface area contributed by atoms with Crippen LogP contribution in [0, 0.1) is 5.92 Å². The normalized spacial score (nSPS) is 27.7. The van der Waals surface area contributed by atoms with Gasteiger partial charge in [0.05, 0.1) is 16.7 Å². The summed E-state index contributed by atoms with van der Waals surface area (Å²) in [6.45, 7) is 11.2. The third-order valence-corrected chi connectivity index (χ3v) is 7.74. The van der Waals surface area contributed by atoms with Crippen molar-refractivity contribution in [2.24, 2.45) is 5.92 Å². The number of nitrogens with zero attached hydrogens (tertiary/aromatic N) is 3. The van der Waals surface area contributed by atoms with E-state index in [0.717, 1.165) is 45.1 Å². The topological polar surface area (TPSA) is 48.5 Å².